The van der Waals surface area contributed by atoms with Gasteiger partial charge in [0.2, 0.25) is 0 Å². The number of nitrogens with zero attached hydrogens (tertiary/aromatic N) is 3. The van der Waals surface area contributed by atoms with Crippen molar-refractivity contribution in [2.75, 3.05) is 5.32 Å². The highest BCUT2D eigenvalue weighted by Gasteiger charge is 2.14. The van der Waals surface area contributed by atoms with Gasteiger partial charge < -0.3 is 5.32 Å². The summed E-state index contributed by atoms with van der Waals surface area (Å²) in [5.74, 6) is 0.900. The second-order valence-corrected chi connectivity index (χ2v) is 7.15. The monoisotopic (exact) mass is 318 g/mol. The van der Waals surface area contributed by atoms with Crippen molar-refractivity contribution in [1.82, 2.24) is 15.0 Å². The summed E-state index contributed by atoms with van der Waals surface area (Å²) in [6.07, 6.45) is 5.66. The van der Waals surface area contributed by atoms with Crippen LogP contribution in [0.4, 0.5) is 5.82 Å². The van der Waals surface area contributed by atoms with E-state index in [-0.39, 0.29) is 6.04 Å². The van der Waals surface area contributed by atoms with Gasteiger partial charge in [0.1, 0.15) is 22.0 Å². The third-order valence-corrected chi connectivity index (χ3v) is 5.88. The fraction of sp³-hybridized carbons (Fsp3) is 0.400. The first kappa shape index (κ1) is 14.4. The summed E-state index contributed by atoms with van der Waals surface area (Å²) in [5.41, 5.74) is 0. The first-order valence-electron chi connectivity index (χ1n) is 7.15. The van der Waals surface area contributed by atoms with Gasteiger partial charge in [-0.3, -0.25) is 0 Å². The van der Waals surface area contributed by atoms with E-state index in [0.717, 1.165) is 33.9 Å². The van der Waals surface area contributed by atoms with E-state index < -0.39 is 0 Å². The van der Waals surface area contributed by atoms with E-state index in [4.69, 9.17) is 0 Å². The maximum absolute atomic E-state index is 4.50. The third kappa shape index (κ3) is 2.91. The molecule has 110 valence electrons. The standard InChI is InChI=1S/C15H18N4S2/c1-4-10-6-12-13(17-8-18-15(12)20-10)19-9(3)14-16-7-11(5-2)21-14/h6-9H,4-5H2,1-3H3,(H,17,18,19). The van der Waals surface area contributed by atoms with Gasteiger partial charge in [0.05, 0.1) is 11.4 Å². The second kappa shape index (κ2) is 6.07. The van der Waals surface area contributed by atoms with E-state index in [1.165, 1.54) is 9.75 Å². The average molecular weight is 318 g/mol. The minimum absolute atomic E-state index is 0.151. The molecule has 0 aliphatic rings. The van der Waals surface area contributed by atoms with Crippen LogP contribution in [0.5, 0.6) is 0 Å². The van der Waals surface area contributed by atoms with Gasteiger partial charge in [-0.1, -0.05) is 13.8 Å². The Bertz CT molecular complexity index is 747. The Hall–Kier alpha value is -1.53. The van der Waals surface area contributed by atoms with Gasteiger partial charge in [-0.15, -0.1) is 22.7 Å². The molecule has 0 bridgehead atoms. The molecule has 0 aliphatic carbocycles. The van der Waals surface area contributed by atoms with Crippen molar-refractivity contribution in [3.63, 3.8) is 0 Å². The first-order valence-corrected chi connectivity index (χ1v) is 8.79. The minimum atomic E-state index is 0.151. The van der Waals surface area contributed by atoms with Crippen LogP contribution in [-0.2, 0) is 12.8 Å². The van der Waals surface area contributed by atoms with Gasteiger partial charge in [-0.05, 0) is 25.8 Å². The molecule has 1 atom stereocenters. The molecule has 3 rings (SSSR count). The van der Waals surface area contributed by atoms with E-state index in [0.29, 0.717) is 0 Å². The summed E-state index contributed by atoms with van der Waals surface area (Å²) in [5, 5.41) is 5.69. The van der Waals surface area contributed by atoms with Crippen LogP contribution in [0.2, 0.25) is 0 Å². The van der Waals surface area contributed by atoms with Crippen molar-refractivity contribution in [2.45, 2.75) is 39.7 Å². The largest absolute Gasteiger partial charge is 0.360 e. The van der Waals surface area contributed by atoms with E-state index >= 15 is 0 Å². The minimum Gasteiger partial charge on any atom is -0.360 e. The maximum atomic E-state index is 4.50. The summed E-state index contributed by atoms with van der Waals surface area (Å²) >= 11 is 3.50. The van der Waals surface area contributed by atoms with E-state index in [9.17, 15) is 0 Å². The van der Waals surface area contributed by atoms with Gasteiger partial charge in [0.15, 0.2) is 0 Å². The molecule has 3 aromatic rings. The first-order chi connectivity index (χ1) is 10.2. The number of thiazole rings is 1. The topological polar surface area (TPSA) is 50.7 Å². The quantitative estimate of drug-likeness (QED) is 0.755. The Kier molecular flexibility index (Phi) is 4.17. The van der Waals surface area contributed by atoms with Crippen LogP contribution < -0.4 is 5.32 Å². The maximum Gasteiger partial charge on any atom is 0.138 e. The molecule has 1 N–H and O–H groups in total. The molecule has 21 heavy (non-hydrogen) atoms. The van der Waals surface area contributed by atoms with Crippen molar-refractivity contribution in [3.8, 4) is 0 Å². The molecular weight excluding hydrogens is 300 g/mol. The Morgan fingerprint density at radius 3 is 2.62 bits per heavy atom. The molecule has 6 heteroatoms. The summed E-state index contributed by atoms with van der Waals surface area (Å²) < 4.78 is 0. The molecule has 4 nitrogen and oxygen atoms in total. The number of nitrogens with one attached hydrogen (secondary N) is 1. The highest BCUT2D eigenvalue weighted by molar-refractivity contribution is 7.18. The van der Waals surface area contributed by atoms with Gasteiger partial charge in [-0.25, -0.2) is 15.0 Å². The Balaban J connectivity index is 1.88. The van der Waals surface area contributed by atoms with Crippen molar-refractivity contribution in [2.24, 2.45) is 0 Å². The second-order valence-electron chi connectivity index (χ2n) is 4.89. The van der Waals surface area contributed by atoms with Crippen molar-refractivity contribution in [3.05, 3.63) is 33.4 Å². The summed E-state index contributed by atoms with van der Waals surface area (Å²) in [7, 11) is 0. The zero-order valence-corrected chi connectivity index (χ0v) is 14.0. The van der Waals surface area contributed by atoms with Gasteiger partial charge in [-0.2, -0.15) is 0 Å². The van der Waals surface area contributed by atoms with Gasteiger partial charge in [0, 0.05) is 16.0 Å². The molecule has 0 saturated heterocycles. The summed E-state index contributed by atoms with van der Waals surface area (Å²) in [6.45, 7) is 6.44. The summed E-state index contributed by atoms with van der Waals surface area (Å²) in [4.78, 5) is 17.0. The molecule has 0 amide bonds. The fourth-order valence-electron chi connectivity index (χ4n) is 2.15. The number of anilines is 1. The number of hydrogen-bond donors (Lipinski definition) is 1. The number of fused-ring (bicyclic) bond motifs is 1. The molecule has 0 aromatic carbocycles. The predicted molar refractivity (Wildman–Crippen MR) is 90.3 cm³/mol. The lowest BCUT2D eigenvalue weighted by molar-refractivity contribution is 0.862. The molecule has 3 aromatic heterocycles. The highest BCUT2D eigenvalue weighted by atomic mass is 32.1. The lowest BCUT2D eigenvalue weighted by Gasteiger charge is -2.12. The van der Waals surface area contributed by atoms with Crippen LogP contribution >= 0.6 is 22.7 Å². The summed E-state index contributed by atoms with van der Waals surface area (Å²) in [6, 6.07) is 2.34. The van der Waals surface area contributed by atoms with Crippen LogP contribution in [0.1, 0.15) is 41.6 Å². The fourth-order valence-corrected chi connectivity index (χ4v) is 3.94. The number of hydrogen-bond acceptors (Lipinski definition) is 6. The van der Waals surface area contributed by atoms with E-state index in [2.05, 4.69) is 47.1 Å². The SMILES string of the molecule is CCc1cnc(C(C)Nc2ncnc3sc(CC)cc23)s1. The Labute approximate surface area is 132 Å². The normalized spacial score (nSPS) is 12.7. The van der Waals surface area contributed by atoms with Crippen molar-refractivity contribution in [1.29, 1.82) is 0 Å². The zero-order valence-electron chi connectivity index (χ0n) is 12.4. The molecule has 0 spiro atoms. The molecule has 0 radical (unpaired) electrons. The molecule has 1 unspecified atom stereocenters. The molecule has 0 aliphatic heterocycles. The molecule has 3 heterocycles. The lowest BCUT2D eigenvalue weighted by Crippen LogP contribution is -2.07. The predicted octanol–water partition coefficient (Wildman–Crippen LogP) is 4.45. The number of rotatable bonds is 5. The number of aryl methyl sites for hydroxylation is 2. The van der Waals surface area contributed by atoms with Gasteiger partial charge in [0.25, 0.3) is 0 Å². The number of aromatic nitrogens is 3. The van der Waals surface area contributed by atoms with E-state index in [1.54, 1.807) is 29.0 Å². The van der Waals surface area contributed by atoms with Crippen molar-refractivity contribution >= 4 is 38.7 Å². The van der Waals surface area contributed by atoms with Crippen LogP contribution in [0, 0.1) is 0 Å². The molecule has 0 fully saturated rings. The van der Waals surface area contributed by atoms with Crippen LogP contribution in [0.3, 0.4) is 0 Å². The van der Waals surface area contributed by atoms with Crippen LogP contribution in [-0.4, -0.2) is 15.0 Å². The van der Waals surface area contributed by atoms with Crippen LogP contribution in [0.25, 0.3) is 10.2 Å². The van der Waals surface area contributed by atoms with Gasteiger partial charge >= 0.3 is 0 Å². The number of thiophene rings is 1. The average Bonchev–Trinajstić information content (AvgIpc) is 3.14. The Morgan fingerprint density at radius 2 is 1.90 bits per heavy atom. The third-order valence-electron chi connectivity index (χ3n) is 3.37. The zero-order chi connectivity index (χ0) is 14.8. The van der Waals surface area contributed by atoms with Crippen LogP contribution in [0.15, 0.2) is 18.6 Å². The molecular formula is C15H18N4S2. The highest BCUT2D eigenvalue weighted by Crippen LogP contribution is 2.31. The van der Waals surface area contributed by atoms with E-state index in [1.807, 2.05) is 6.20 Å². The molecule has 0 saturated carbocycles. The Morgan fingerprint density at radius 1 is 1.10 bits per heavy atom. The smallest absolute Gasteiger partial charge is 0.138 e. The lowest BCUT2D eigenvalue weighted by atomic mass is 10.3. The van der Waals surface area contributed by atoms with Crippen molar-refractivity contribution < 1.29 is 0 Å².